The normalized spacial score (nSPS) is 26.1. The fourth-order valence-corrected chi connectivity index (χ4v) is 7.39. The van der Waals surface area contributed by atoms with Gasteiger partial charge in [-0.3, -0.25) is 9.59 Å². The number of allylic oxidation sites excluding steroid dienone is 1. The second kappa shape index (κ2) is 14.8. The summed E-state index contributed by atoms with van der Waals surface area (Å²) in [6.45, 7) is 12.9. The minimum Gasteiger partial charge on any atom is -0.496 e. The van der Waals surface area contributed by atoms with E-state index >= 15 is 0 Å². The molecule has 2 aliphatic heterocycles. The van der Waals surface area contributed by atoms with E-state index < -0.39 is 64.5 Å². The lowest BCUT2D eigenvalue weighted by molar-refractivity contribution is -0.146. The predicted octanol–water partition coefficient (Wildman–Crippen LogP) is 6.02. The molecule has 3 aromatic rings. The Morgan fingerprint density at radius 1 is 1.09 bits per heavy atom. The van der Waals surface area contributed by atoms with Crippen molar-refractivity contribution in [3.05, 3.63) is 72.8 Å². The van der Waals surface area contributed by atoms with Gasteiger partial charge in [0.05, 0.1) is 13.2 Å². The Morgan fingerprint density at radius 3 is 2.43 bits per heavy atom. The number of cyclic esters (lactones) is 1. The molecule has 2 fully saturated rings. The van der Waals surface area contributed by atoms with Crippen molar-refractivity contribution in [1.82, 2.24) is 30.5 Å². The number of aromatic nitrogens is 3. The number of hydrogen-bond acceptors (Lipinski definition) is 8. The van der Waals surface area contributed by atoms with Crippen LogP contribution in [-0.2, 0) is 19.1 Å². The van der Waals surface area contributed by atoms with Crippen LogP contribution < -0.4 is 15.4 Å². The van der Waals surface area contributed by atoms with Crippen molar-refractivity contribution in [3.63, 3.8) is 0 Å². The summed E-state index contributed by atoms with van der Waals surface area (Å²) in [5.41, 5.74) is 0.555. The summed E-state index contributed by atoms with van der Waals surface area (Å²) < 4.78 is 11.6. The van der Waals surface area contributed by atoms with Crippen LogP contribution in [0.4, 0.5) is 4.79 Å². The third kappa shape index (κ3) is 7.76. The molecule has 1 saturated carbocycles. The molecule has 6 rings (SSSR count). The number of rotatable bonds is 6. The second-order valence-corrected chi connectivity index (χ2v) is 16.1. The van der Waals surface area contributed by atoms with Crippen molar-refractivity contribution in [2.45, 2.75) is 96.0 Å². The highest BCUT2D eigenvalue weighted by atomic mass is 16.6. The van der Waals surface area contributed by atoms with Gasteiger partial charge < -0.3 is 30.1 Å². The van der Waals surface area contributed by atoms with Crippen molar-refractivity contribution >= 4 is 30.0 Å². The third-order valence-electron chi connectivity index (χ3n) is 10.6. The largest absolute Gasteiger partial charge is 0.496 e. The minimum absolute atomic E-state index is 0.0234. The average molecular weight is 739 g/mol. The van der Waals surface area contributed by atoms with Gasteiger partial charge in [0.1, 0.15) is 40.4 Å². The molecular formula is C41H50N6O7. The molecular weight excluding hydrogens is 688 g/mol. The zero-order valence-corrected chi connectivity index (χ0v) is 31.8. The second-order valence-electron chi connectivity index (χ2n) is 16.1. The Morgan fingerprint density at radius 2 is 1.80 bits per heavy atom. The number of nitrogens with one attached hydrogen (secondary N) is 2. The molecule has 3 aliphatic rings. The summed E-state index contributed by atoms with van der Waals surface area (Å²) in [5.74, 6) is -2.06. The Labute approximate surface area is 315 Å². The Kier molecular flexibility index (Phi) is 10.5. The number of ether oxygens (including phenoxy) is 2. The number of alkyl carbamates (subject to hydrolysis) is 1. The predicted molar refractivity (Wildman–Crippen MR) is 203 cm³/mol. The van der Waals surface area contributed by atoms with Gasteiger partial charge in [-0.15, -0.1) is 6.58 Å². The van der Waals surface area contributed by atoms with Crippen LogP contribution in [0.3, 0.4) is 0 Å². The zero-order chi connectivity index (χ0) is 39.0. The maximum absolute atomic E-state index is 14.7. The standard InChI is InChI=1S/C41H50N6O7/c1-8-28-23-41(28,37(50)51)43-35(48)30-22-29-24-46(30)36(49)34(39(2,3)4)42-38(52)54-40(5,6)20-14-10-13-17-26-21-27(18-19-31(26)53-7)33-32(44-47(29)45-33)25-15-11-9-12-16-25/h8-9,11-13,15-19,21,28-30,34H,1,10,14,20,22-24H2,2-7H3,(H,42,52)(H,43,48)(H,50,51)/b17-13-/t28-,29-,30+,34-,41-/m1/s1. The summed E-state index contributed by atoms with van der Waals surface area (Å²) in [5, 5.41) is 25.7. The van der Waals surface area contributed by atoms with E-state index in [1.165, 1.54) is 11.0 Å². The quantitative estimate of drug-likeness (QED) is 0.256. The number of nitrogens with zero attached hydrogens (tertiary/aromatic N) is 4. The molecule has 3 heterocycles. The maximum Gasteiger partial charge on any atom is 0.408 e. The van der Waals surface area contributed by atoms with E-state index in [2.05, 4.69) is 23.3 Å². The highest BCUT2D eigenvalue weighted by molar-refractivity contribution is 5.96. The molecule has 3 N–H and O–H groups in total. The SMILES string of the molecule is C=C[C@@H]1C[C@]1(NC(=O)[C@@H]1C[C@@H]2CN1C(=O)[C@H](C(C)(C)C)NC(=O)OC(C)(C)CCC/C=C\c1cc(ccc1OC)-c1nn2nc1-c1ccccc1)C(=O)O. The number of amides is 3. The third-order valence-corrected chi connectivity index (χ3v) is 10.6. The maximum atomic E-state index is 14.7. The van der Waals surface area contributed by atoms with Crippen LogP contribution in [0.1, 0.15) is 78.3 Å². The highest BCUT2D eigenvalue weighted by Gasteiger charge is 2.61. The first kappa shape index (κ1) is 38.3. The Bertz CT molecular complexity index is 1970. The highest BCUT2D eigenvalue weighted by Crippen LogP contribution is 2.45. The molecule has 13 nitrogen and oxygen atoms in total. The molecule has 0 unspecified atom stereocenters. The molecule has 54 heavy (non-hydrogen) atoms. The van der Waals surface area contributed by atoms with Gasteiger partial charge in [0.2, 0.25) is 11.8 Å². The summed E-state index contributed by atoms with van der Waals surface area (Å²) in [6.07, 6.45) is 7.13. The molecule has 0 spiro atoms. The van der Waals surface area contributed by atoms with Crippen molar-refractivity contribution in [2.24, 2.45) is 11.3 Å². The van der Waals surface area contributed by atoms with E-state index in [9.17, 15) is 24.3 Å². The topological polar surface area (TPSA) is 165 Å². The Balaban J connectivity index is 1.47. The zero-order valence-electron chi connectivity index (χ0n) is 31.8. The molecule has 13 heteroatoms. The first-order valence-electron chi connectivity index (χ1n) is 18.4. The van der Waals surface area contributed by atoms with Gasteiger partial charge in [0, 0.05) is 35.6 Å². The number of fused-ring (bicyclic) bond motifs is 8. The van der Waals surface area contributed by atoms with Crippen molar-refractivity contribution < 1.29 is 33.8 Å². The number of benzene rings is 2. The summed E-state index contributed by atoms with van der Waals surface area (Å²) >= 11 is 0. The van der Waals surface area contributed by atoms with E-state index in [0.717, 1.165) is 23.1 Å². The molecule has 6 bridgehead atoms. The Hall–Kier alpha value is -5.46. The summed E-state index contributed by atoms with van der Waals surface area (Å²) in [6, 6.07) is 12.7. The van der Waals surface area contributed by atoms with Crippen LogP contribution in [0.25, 0.3) is 28.6 Å². The molecule has 1 aliphatic carbocycles. The number of carbonyl (C=O) groups is 4. The van der Waals surface area contributed by atoms with Gasteiger partial charge in [0.25, 0.3) is 0 Å². The fourth-order valence-electron chi connectivity index (χ4n) is 7.39. The lowest BCUT2D eigenvalue weighted by atomic mass is 9.85. The van der Waals surface area contributed by atoms with Crippen LogP contribution in [0.15, 0.2) is 67.3 Å². The van der Waals surface area contributed by atoms with Crippen LogP contribution in [0.2, 0.25) is 0 Å². The lowest BCUT2D eigenvalue weighted by Gasteiger charge is -2.36. The van der Waals surface area contributed by atoms with Crippen molar-refractivity contribution in [2.75, 3.05) is 13.7 Å². The van der Waals surface area contributed by atoms with Gasteiger partial charge >= 0.3 is 12.1 Å². The number of hydrogen-bond donors (Lipinski definition) is 3. The lowest BCUT2D eigenvalue weighted by Crippen LogP contribution is -2.59. The molecule has 2 aromatic carbocycles. The van der Waals surface area contributed by atoms with Crippen molar-refractivity contribution in [1.29, 1.82) is 0 Å². The molecule has 3 amide bonds. The first-order valence-corrected chi connectivity index (χ1v) is 18.4. The van der Waals surface area contributed by atoms with Gasteiger partial charge in [-0.25, -0.2) is 9.59 Å². The van der Waals surface area contributed by atoms with Crippen molar-refractivity contribution in [3.8, 4) is 28.3 Å². The van der Waals surface area contributed by atoms with E-state index in [1.807, 2.05) is 89.2 Å². The van der Waals surface area contributed by atoms with E-state index in [1.54, 1.807) is 11.9 Å². The van der Waals surface area contributed by atoms with E-state index in [4.69, 9.17) is 19.7 Å². The first-order chi connectivity index (χ1) is 25.6. The summed E-state index contributed by atoms with van der Waals surface area (Å²) in [4.78, 5) is 57.7. The van der Waals surface area contributed by atoms with Gasteiger partial charge in [-0.2, -0.15) is 15.0 Å². The number of methoxy groups -OCH3 is 1. The van der Waals surface area contributed by atoms with E-state index in [0.29, 0.717) is 30.0 Å². The molecule has 0 radical (unpaired) electrons. The molecule has 5 atom stereocenters. The number of carboxylic acid groups (broad SMARTS) is 1. The van der Waals surface area contributed by atoms with Gasteiger partial charge in [0.15, 0.2) is 0 Å². The molecule has 1 aromatic heterocycles. The average Bonchev–Trinajstić information content (AvgIpc) is 3.42. The van der Waals surface area contributed by atoms with Crippen LogP contribution in [-0.4, -0.2) is 85.8 Å². The number of aliphatic carboxylic acids is 1. The van der Waals surface area contributed by atoms with Gasteiger partial charge in [-0.05, 0) is 63.1 Å². The number of carboxylic acids is 1. The number of carbonyl (C=O) groups excluding carboxylic acids is 3. The molecule has 1 saturated heterocycles. The van der Waals surface area contributed by atoms with Crippen LogP contribution in [0.5, 0.6) is 5.75 Å². The fraction of sp³-hybridized carbons (Fsp3) is 0.463. The monoisotopic (exact) mass is 738 g/mol. The van der Waals surface area contributed by atoms with Crippen LogP contribution in [0, 0.1) is 11.3 Å². The smallest absolute Gasteiger partial charge is 0.408 e. The minimum atomic E-state index is -1.51. The summed E-state index contributed by atoms with van der Waals surface area (Å²) in [7, 11) is 1.62. The molecule has 286 valence electrons. The van der Waals surface area contributed by atoms with E-state index in [-0.39, 0.29) is 19.4 Å². The van der Waals surface area contributed by atoms with Crippen LogP contribution >= 0.6 is 0 Å². The van der Waals surface area contributed by atoms with Gasteiger partial charge in [-0.1, -0.05) is 69.3 Å².